The highest BCUT2D eigenvalue weighted by atomic mass is 15.2. The molecule has 1 aromatic rings. The summed E-state index contributed by atoms with van der Waals surface area (Å²) in [6.45, 7) is 10.6. The molecule has 0 bridgehead atoms. The minimum atomic E-state index is 0.693. The molecule has 1 aliphatic heterocycles. The maximum Gasteiger partial charge on any atom is 0.0237 e. The summed E-state index contributed by atoms with van der Waals surface area (Å²) in [4.78, 5) is 5.03. The van der Waals surface area contributed by atoms with Gasteiger partial charge < -0.3 is 4.90 Å². The molecule has 1 saturated heterocycles. The van der Waals surface area contributed by atoms with Crippen LogP contribution in [-0.2, 0) is 6.54 Å². The lowest BCUT2D eigenvalue weighted by atomic mass is 9.91. The minimum absolute atomic E-state index is 0.693. The number of benzene rings is 1. The van der Waals surface area contributed by atoms with E-state index in [1.807, 2.05) is 0 Å². The summed E-state index contributed by atoms with van der Waals surface area (Å²) in [6.07, 6.45) is 3.95. The first-order valence-electron chi connectivity index (χ1n) is 8.19. The number of piperazine rings is 1. The van der Waals surface area contributed by atoms with Gasteiger partial charge in [0, 0.05) is 32.7 Å². The highest BCUT2D eigenvalue weighted by molar-refractivity contribution is 5.30. The van der Waals surface area contributed by atoms with Gasteiger partial charge in [0.1, 0.15) is 0 Å². The van der Waals surface area contributed by atoms with Crippen LogP contribution in [0, 0.1) is 0 Å². The van der Waals surface area contributed by atoms with Gasteiger partial charge in [0.25, 0.3) is 0 Å². The van der Waals surface area contributed by atoms with Gasteiger partial charge in [0.05, 0.1) is 0 Å². The van der Waals surface area contributed by atoms with Gasteiger partial charge in [-0.2, -0.15) is 0 Å². The van der Waals surface area contributed by atoms with Crippen molar-refractivity contribution in [2.24, 2.45) is 0 Å². The van der Waals surface area contributed by atoms with E-state index in [2.05, 4.69) is 55.0 Å². The third kappa shape index (κ3) is 4.32. The molecule has 1 fully saturated rings. The van der Waals surface area contributed by atoms with Gasteiger partial charge in [-0.1, -0.05) is 51.0 Å². The van der Waals surface area contributed by atoms with Crippen LogP contribution >= 0.6 is 0 Å². The Balaban J connectivity index is 2.00. The van der Waals surface area contributed by atoms with Crippen LogP contribution in [0.4, 0.5) is 0 Å². The summed E-state index contributed by atoms with van der Waals surface area (Å²) >= 11 is 0. The van der Waals surface area contributed by atoms with E-state index in [9.17, 15) is 0 Å². The van der Waals surface area contributed by atoms with Gasteiger partial charge in [0.15, 0.2) is 0 Å². The number of likely N-dealkylation sites (N-methyl/N-ethyl adjacent to an activating group) is 1. The van der Waals surface area contributed by atoms with Crippen molar-refractivity contribution in [3.63, 3.8) is 0 Å². The summed E-state index contributed by atoms with van der Waals surface area (Å²) in [5.41, 5.74) is 3.11. The van der Waals surface area contributed by atoms with E-state index in [4.69, 9.17) is 0 Å². The Bertz CT molecular complexity index is 394. The molecule has 0 spiro atoms. The first-order valence-corrected chi connectivity index (χ1v) is 8.19. The van der Waals surface area contributed by atoms with E-state index >= 15 is 0 Å². The zero-order chi connectivity index (χ0) is 14.4. The molecule has 2 rings (SSSR count). The second-order valence-corrected chi connectivity index (χ2v) is 6.32. The first kappa shape index (κ1) is 15.5. The molecule has 0 saturated carbocycles. The van der Waals surface area contributed by atoms with E-state index in [0.717, 1.165) is 6.54 Å². The van der Waals surface area contributed by atoms with Crippen LogP contribution in [-0.4, -0.2) is 43.0 Å². The van der Waals surface area contributed by atoms with Crippen molar-refractivity contribution in [2.45, 2.75) is 45.6 Å². The Morgan fingerprint density at radius 2 is 1.80 bits per heavy atom. The van der Waals surface area contributed by atoms with E-state index in [1.54, 1.807) is 11.1 Å². The van der Waals surface area contributed by atoms with Gasteiger partial charge in [-0.15, -0.1) is 0 Å². The molecule has 1 heterocycles. The SMILES string of the molecule is CCCC[C@@H](C)c1ccccc1CN1CCN(C)CC1. The van der Waals surface area contributed by atoms with Crippen molar-refractivity contribution in [1.82, 2.24) is 9.80 Å². The summed E-state index contributed by atoms with van der Waals surface area (Å²) in [7, 11) is 2.22. The fourth-order valence-corrected chi connectivity index (χ4v) is 3.07. The lowest BCUT2D eigenvalue weighted by Crippen LogP contribution is -2.44. The lowest BCUT2D eigenvalue weighted by Gasteiger charge is -2.33. The summed E-state index contributed by atoms with van der Waals surface area (Å²) < 4.78 is 0. The molecular weight excluding hydrogens is 244 g/mol. The second kappa shape index (κ2) is 7.80. The van der Waals surface area contributed by atoms with Crippen LogP contribution < -0.4 is 0 Å². The molecule has 0 aliphatic carbocycles. The smallest absolute Gasteiger partial charge is 0.0237 e. The molecule has 20 heavy (non-hydrogen) atoms. The molecule has 112 valence electrons. The van der Waals surface area contributed by atoms with Crippen LogP contribution in [0.15, 0.2) is 24.3 Å². The zero-order valence-corrected chi connectivity index (χ0v) is 13.4. The monoisotopic (exact) mass is 274 g/mol. The third-order valence-corrected chi connectivity index (χ3v) is 4.57. The number of hydrogen-bond acceptors (Lipinski definition) is 2. The molecule has 0 amide bonds. The largest absolute Gasteiger partial charge is 0.304 e. The maximum absolute atomic E-state index is 2.60. The molecule has 2 heteroatoms. The predicted molar refractivity (Wildman–Crippen MR) is 87.2 cm³/mol. The topological polar surface area (TPSA) is 6.48 Å². The lowest BCUT2D eigenvalue weighted by molar-refractivity contribution is 0.148. The molecule has 0 N–H and O–H groups in total. The maximum atomic E-state index is 2.60. The van der Waals surface area contributed by atoms with Crippen LogP contribution in [0.3, 0.4) is 0 Å². The number of hydrogen-bond donors (Lipinski definition) is 0. The van der Waals surface area contributed by atoms with Crippen LogP contribution in [0.25, 0.3) is 0 Å². The highest BCUT2D eigenvalue weighted by Gasteiger charge is 2.16. The van der Waals surface area contributed by atoms with Gasteiger partial charge >= 0.3 is 0 Å². The van der Waals surface area contributed by atoms with E-state index in [0.29, 0.717) is 5.92 Å². The second-order valence-electron chi connectivity index (χ2n) is 6.32. The Morgan fingerprint density at radius 1 is 1.10 bits per heavy atom. The van der Waals surface area contributed by atoms with E-state index in [-0.39, 0.29) is 0 Å². The van der Waals surface area contributed by atoms with Crippen molar-refractivity contribution in [2.75, 3.05) is 33.2 Å². The number of nitrogens with zero attached hydrogens (tertiary/aromatic N) is 2. The van der Waals surface area contributed by atoms with Crippen molar-refractivity contribution in [3.05, 3.63) is 35.4 Å². The molecule has 1 aliphatic rings. The average molecular weight is 274 g/mol. The van der Waals surface area contributed by atoms with Gasteiger partial charge in [0.2, 0.25) is 0 Å². The van der Waals surface area contributed by atoms with Crippen LogP contribution in [0.5, 0.6) is 0 Å². The molecule has 0 aromatic heterocycles. The van der Waals surface area contributed by atoms with Crippen molar-refractivity contribution < 1.29 is 0 Å². The van der Waals surface area contributed by atoms with E-state index in [1.165, 1.54) is 45.4 Å². The molecule has 0 radical (unpaired) electrons. The summed E-state index contributed by atoms with van der Waals surface area (Å²) in [6, 6.07) is 9.06. The van der Waals surface area contributed by atoms with Gasteiger partial charge in [-0.25, -0.2) is 0 Å². The zero-order valence-electron chi connectivity index (χ0n) is 13.4. The van der Waals surface area contributed by atoms with Crippen molar-refractivity contribution in [3.8, 4) is 0 Å². The molecule has 1 atom stereocenters. The predicted octanol–water partition coefficient (Wildman–Crippen LogP) is 3.73. The normalized spacial score (nSPS) is 19.1. The van der Waals surface area contributed by atoms with Gasteiger partial charge in [-0.3, -0.25) is 4.90 Å². The minimum Gasteiger partial charge on any atom is -0.304 e. The van der Waals surface area contributed by atoms with Crippen LogP contribution in [0.1, 0.15) is 50.2 Å². The molecular formula is C18H30N2. The fourth-order valence-electron chi connectivity index (χ4n) is 3.07. The standard InChI is InChI=1S/C18H30N2/c1-4-5-8-16(2)18-10-7-6-9-17(18)15-20-13-11-19(3)12-14-20/h6-7,9-10,16H,4-5,8,11-15H2,1-3H3/t16-/m1/s1. The quantitative estimate of drug-likeness (QED) is 0.780. The van der Waals surface area contributed by atoms with Crippen molar-refractivity contribution >= 4 is 0 Å². The fraction of sp³-hybridized carbons (Fsp3) is 0.667. The van der Waals surface area contributed by atoms with Gasteiger partial charge in [-0.05, 0) is 30.5 Å². The molecule has 0 unspecified atom stereocenters. The third-order valence-electron chi connectivity index (χ3n) is 4.57. The Labute approximate surface area is 124 Å². The number of unbranched alkanes of at least 4 members (excludes halogenated alkanes) is 1. The average Bonchev–Trinajstić information content (AvgIpc) is 2.48. The molecule has 2 nitrogen and oxygen atoms in total. The van der Waals surface area contributed by atoms with E-state index < -0.39 is 0 Å². The number of rotatable bonds is 6. The molecule has 1 aromatic carbocycles. The highest BCUT2D eigenvalue weighted by Crippen LogP contribution is 2.26. The first-order chi connectivity index (χ1) is 9.70. The summed E-state index contributed by atoms with van der Waals surface area (Å²) in [5, 5.41) is 0. The van der Waals surface area contributed by atoms with Crippen LogP contribution in [0.2, 0.25) is 0 Å². The Kier molecular flexibility index (Phi) is 6.06. The Hall–Kier alpha value is -0.860. The summed E-state index contributed by atoms with van der Waals surface area (Å²) in [5.74, 6) is 0.693. The van der Waals surface area contributed by atoms with Crippen molar-refractivity contribution in [1.29, 1.82) is 0 Å². The Morgan fingerprint density at radius 3 is 2.50 bits per heavy atom.